The summed E-state index contributed by atoms with van der Waals surface area (Å²) in [5.74, 6) is -0.582. The number of benzene rings is 1. The number of rotatable bonds is 1. The van der Waals surface area contributed by atoms with Crippen molar-refractivity contribution in [2.45, 2.75) is 13.3 Å². The standard InChI is InChI=1S/C15H13NO2/c1-10-6-8-11(9-7-10)16-14(17)12-4-2-3-5-13(12)15(16)18/h2-4,6-9,13H,5H2,1H3. The Kier molecular flexibility index (Phi) is 2.40. The molecule has 3 nitrogen and oxygen atoms in total. The summed E-state index contributed by atoms with van der Waals surface area (Å²) in [5.41, 5.74) is 2.38. The zero-order valence-corrected chi connectivity index (χ0v) is 10.1. The Balaban J connectivity index is 2.02. The number of aryl methyl sites for hydroxylation is 1. The number of fused-ring (bicyclic) bond motifs is 1. The van der Waals surface area contributed by atoms with Crippen LogP contribution in [0.1, 0.15) is 12.0 Å². The number of amides is 2. The van der Waals surface area contributed by atoms with Gasteiger partial charge in [-0.1, -0.05) is 35.9 Å². The average Bonchev–Trinajstić information content (AvgIpc) is 2.64. The fourth-order valence-electron chi connectivity index (χ4n) is 2.41. The van der Waals surface area contributed by atoms with Crippen LogP contribution in [0.2, 0.25) is 0 Å². The highest BCUT2D eigenvalue weighted by Gasteiger charge is 2.43. The summed E-state index contributed by atoms with van der Waals surface area (Å²) < 4.78 is 0. The second kappa shape index (κ2) is 3.95. The molecule has 1 saturated heterocycles. The lowest BCUT2D eigenvalue weighted by Crippen LogP contribution is -2.30. The number of hydrogen-bond donors (Lipinski definition) is 0. The van der Waals surface area contributed by atoms with Crippen molar-refractivity contribution in [1.29, 1.82) is 0 Å². The molecular formula is C15H13NO2. The highest BCUT2D eigenvalue weighted by atomic mass is 16.2. The molecule has 3 heteroatoms. The molecule has 18 heavy (non-hydrogen) atoms. The van der Waals surface area contributed by atoms with E-state index in [1.54, 1.807) is 6.08 Å². The molecule has 2 aliphatic rings. The van der Waals surface area contributed by atoms with Crippen molar-refractivity contribution in [2.75, 3.05) is 4.90 Å². The van der Waals surface area contributed by atoms with Crippen LogP contribution >= 0.6 is 0 Å². The second-order valence-electron chi connectivity index (χ2n) is 4.65. The van der Waals surface area contributed by atoms with Gasteiger partial charge in [0.05, 0.1) is 11.6 Å². The van der Waals surface area contributed by atoms with E-state index in [9.17, 15) is 9.59 Å². The smallest absolute Gasteiger partial charge is 0.261 e. The number of anilines is 1. The van der Waals surface area contributed by atoms with Gasteiger partial charge in [-0.2, -0.15) is 0 Å². The third-order valence-corrected chi connectivity index (χ3v) is 3.42. The van der Waals surface area contributed by atoms with Gasteiger partial charge in [-0.15, -0.1) is 0 Å². The van der Waals surface area contributed by atoms with E-state index in [0.717, 1.165) is 5.56 Å². The van der Waals surface area contributed by atoms with E-state index in [-0.39, 0.29) is 17.7 Å². The minimum atomic E-state index is -0.288. The maximum absolute atomic E-state index is 12.3. The van der Waals surface area contributed by atoms with E-state index in [2.05, 4.69) is 0 Å². The number of nitrogens with zero attached hydrogens (tertiary/aromatic N) is 1. The first-order valence-corrected chi connectivity index (χ1v) is 6.00. The first kappa shape index (κ1) is 11.0. The van der Waals surface area contributed by atoms with Crippen LogP contribution in [0, 0.1) is 12.8 Å². The predicted octanol–water partition coefficient (Wildman–Crippen LogP) is 2.37. The molecule has 0 saturated carbocycles. The third-order valence-electron chi connectivity index (χ3n) is 3.42. The molecule has 0 aromatic heterocycles. The van der Waals surface area contributed by atoms with Crippen LogP contribution in [0.15, 0.2) is 48.1 Å². The Labute approximate surface area is 105 Å². The van der Waals surface area contributed by atoms with Crippen molar-refractivity contribution < 1.29 is 9.59 Å². The Morgan fingerprint density at radius 2 is 1.89 bits per heavy atom. The number of carbonyl (C=O) groups excluding carboxylic acids is 2. The van der Waals surface area contributed by atoms with Crippen LogP contribution in [0.4, 0.5) is 5.69 Å². The lowest BCUT2D eigenvalue weighted by molar-refractivity contribution is -0.122. The molecule has 90 valence electrons. The number of imide groups is 1. The van der Waals surface area contributed by atoms with Crippen molar-refractivity contribution in [2.24, 2.45) is 5.92 Å². The molecule has 0 bridgehead atoms. The van der Waals surface area contributed by atoms with Gasteiger partial charge in [0, 0.05) is 5.57 Å². The molecule has 0 N–H and O–H groups in total. The van der Waals surface area contributed by atoms with Crippen LogP contribution in [0.25, 0.3) is 0 Å². The molecule has 1 unspecified atom stereocenters. The van der Waals surface area contributed by atoms with Crippen LogP contribution in [0.3, 0.4) is 0 Å². The van der Waals surface area contributed by atoms with Crippen molar-refractivity contribution in [3.8, 4) is 0 Å². The molecule has 1 aromatic carbocycles. The molecule has 1 heterocycles. The third kappa shape index (κ3) is 1.51. The quantitative estimate of drug-likeness (QED) is 0.705. The molecule has 3 rings (SSSR count). The van der Waals surface area contributed by atoms with Gasteiger partial charge >= 0.3 is 0 Å². The van der Waals surface area contributed by atoms with Crippen LogP contribution in [-0.4, -0.2) is 11.8 Å². The molecule has 1 fully saturated rings. The Morgan fingerprint density at radius 1 is 1.17 bits per heavy atom. The summed E-state index contributed by atoms with van der Waals surface area (Å²) in [6, 6.07) is 7.45. The lowest BCUT2D eigenvalue weighted by Gasteiger charge is -2.14. The predicted molar refractivity (Wildman–Crippen MR) is 69.0 cm³/mol. The topological polar surface area (TPSA) is 37.4 Å². The van der Waals surface area contributed by atoms with Crippen LogP contribution in [0.5, 0.6) is 0 Å². The van der Waals surface area contributed by atoms with E-state index >= 15 is 0 Å². The summed E-state index contributed by atoms with van der Waals surface area (Å²) in [5, 5.41) is 0. The minimum absolute atomic E-state index is 0.112. The van der Waals surface area contributed by atoms with E-state index < -0.39 is 0 Å². The first-order valence-electron chi connectivity index (χ1n) is 6.00. The lowest BCUT2D eigenvalue weighted by atomic mass is 9.94. The monoisotopic (exact) mass is 239 g/mol. The van der Waals surface area contributed by atoms with Crippen molar-refractivity contribution in [3.05, 3.63) is 53.6 Å². The normalized spacial score (nSPS) is 22.2. The number of hydrogen-bond acceptors (Lipinski definition) is 2. The largest absolute Gasteiger partial charge is 0.273 e. The molecule has 1 atom stereocenters. The second-order valence-corrected chi connectivity index (χ2v) is 4.65. The summed E-state index contributed by atoms with van der Waals surface area (Å²) >= 11 is 0. The molecule has 0 spiro atoms. The van der Waals surface area contributed by atoms with E-state index in [1.165, 1.54) is 4.90 Å². The van der Waals surface area contributed by atoms with Gasteiger partial charge in [-0.3, -0.25) is 9.59 Å². The summed E-state index contributed by atoms with van der Waals surface area (Å²) in [4.78, 5) is 25.8. The van der Waals surface area contributed by atoms with Gasteiger partial charge in [0.1, 0.15) is 0 Å². The molecule has 1 aliphatic heterocycles. The molecule has 1 aromatic rings. The molecule has 0 radical (unpaired) electrons. The van der Waals surface area contributed by atoms with Crippen LogP contribution in [-0.2, 0) is 9.59 Å². The summed E-state index contributed by atoms with van der Waals surface area (Å²) in [6.07, 6.45) is 6.15. The highest BCUT2D eigenvalue weighted by Crippen LogP contribution is 2.34. The highest BCUT2D eigenvalue weighted by molar-refractivity contribution is 6.29. The first-order chi connectivity index (χ1) is 8.68. The fourth-order valence-corrected chi connectivity index (χ4v) is 2.41. The van der Waals surface area contributed by atoms with Gasteiger partial charge in [0.15, 0.2) is 0 Å². The molecule has 2 amide bonds. The number of allylic oxidation sites excluding steroid dienone is 3. The van der Waals surface area contributed by atoms with Gasteiger partial charge in [-0.25, -0.2) is 4.90 Å². The van der Waals surface area contributed by atoms with Gasteiger partial charge < -0.3 is 0 Å². The van der Waals surface area contributed by atoms with E-state index in [1.807, 2.05) is 43.3 Å². The van der Waals surface area contributed by atoms with E-state index in [0.29, 0.717) is 17.7 Å². The Bertz CT molecular complexity index is 581. The van der Waals surface area contributed by atoms with E-state index in [4.69, 9.17) is 0 Å². The molecular weight excluding hydrogens is 226 g/mol. The van der Waals surface area contributed by atoms with Gasteiger partial charge in [-0.05, 0) is 25.5 Å². The van der Waals surface area contributed by atoms with Crippen molar-refractivity contribution in [1.82, 2.24) is 0 Å². The maximum Gasteiger partial charge on any atom is 0.261 e. The Hall–Kier alpha value is -2.16. The molecule has 1 aliphatic carbocycles. The maximum atomic E-state index is 12.3. The van der Waals surface area contributed by atoms with Crippen molar-refractivity contribution >= 4 is 17.5 Å². The zero-order valence-electron chi connectivity index (χ0n) is 10.1. The van der Waals surface area contributed by atoms with Crippen LogP contribution < -0.4 is 4.90 Å². The minimum Gasteiger partial charge on any atom is -0.273 e. The average molecular weight is 239 g/mol. The van der Waals surface area contributed by atoms with Gasteiger partial charge in [0.25, 0.3) is 5.91 Å². The summed E-state index contributed by atoms with van der Waals surface area (Å²) in [7, 11) is 0. The van der Waals surface area contributed by atoms with Gasteiger partial charge in [0.2, 0.25) is 5.91 Å². The summed E-state index contributed by atoms with van der Waals surface area (Å²) in [6.45, 7) is 1.98. The zero-order chi connectivity index (χ0) is 12.7. The van der Waals surface area contributed by atoms with Crippen molar-refractivity contribution in [3.63, 3.8) is 0 Å². The SMILES string of the molecule is Cc1ccc(N2C(=O)C3=CC=CCC3C2=O)cc1. The Morgan fingerprint density at radius 3 is 2.56 bits per heavy atom. The number of carbonyl (C=O) groups is 2. The fraction of sp³-hybridized carbons (Fsp3) is 0.200.